The summed E-state index contributed by atoms with van der Waals surface area (Å²) in [5.74, 6) is 0.0143. The van der Waals surface area contributed by atoms with E-state index in [0.29, 0.717) is 11.0 Å². The highest BCUT2D eigenvalue weighted by atomic mass is 79.9. The van der Waals surface area contributed by atoms with Crippen LogP contribution in [0.5, 0.6) is 5.75 Å². The topological polar surface area (TPSA) is 46.0 Å². The Morgan fingerprint density at radius 3 is 2.77 bits per heavy atom. The van der Waals surface area contributed by atoms with Crippen molar-refractivity contribution in [3.05, 3.63) is 28.0 Å². The van der Waals surface area contributed by atoms with Gasteiger partial charge in [0.2, 0.25) is 0 Å². The second-order valence-electron chi connectivity index (χ2n) is 2.48. The summed E-state index contributed by atoms with van der Waals surface area (Å²) in [6.45, 7) is 0. The lowest BCUT2D eigenvalue weighted by Gasteiger charge is -2.00. The molecule has 3 nitrogen and oxygen atoms in total. The molecule has 0 aliphatic heterocycles. The van der Waals surface area contributed by atoms with Gasteiger partial charge in [-0.3, -0.25) is 0 Å². The van der Waals surface area contributed by atoms with Gasteiger partial charge < -0.3 is 5.11 Å². The monoisotopic (exact) mass is 258 g/mol. The van der Waals surface area contributed by atoms with Crippen LogP contribution in [0.2, 0.25) is 5.02 Å². The predicted molar refractivity (Wildman–Crippen MR) is 53.9 cm³/mol. The molecule has 0 radical (unpaired) electrons. The molecule has 0 amide bonds. The quantitative estimate of drug-likeness (QED) is 0.791. The summed E-state index contributed by atoms with van der Waals surface area (Å²) in [6, 6.07) is 1.72. The minimum absolute atomic E-state index is 0.0143. The van der Waals surface area contributed by atoms with Gasteiger partial charge >= 0.3 is 0 Å². The maximum Gasteiger partial charge on any atom is 0.163 e. The molecular weight excluding hydrogens is 255 g/mol. The number of aromatic nitrogens is 2. The molecule has 2 aromatic rings. The van der Waals surface area contributed by atoms with Crippen LogP contribution in [0.15, 0.2) is 22.9 Å². The molecule has 1 N–H and O–H groups in total. The van der Waals surface area contributed by atoms with E-state index in [9.17, 15) is 5.11 Å². The van der Waals surface area contributed by atoms with Crippen LogP contribution in [0.3, 0.4) is 0 Å². The first-order chi connectivity index (χ1) is 6.18. The minimum Gasteiger partial charge on any atom is -0.506 e. The van der Waals surface area contributed by atoms with E-state index in [1.165, 1.54) is 6.20 Å². The van der Waals surface area contributed by atoms with Crippen LogP contribution in [0.25, 0.3) is 11.0 Å². The van der Waals surface area contributed by atoms with E-state index in [1.807, 2.05) is 0 Å². The number of halogens is 2. The summed E-state index contributed by atoms with van der Waals surface area (Å²) < 4.78 is 0.777. The molecule has 2 heterocycles. The van der Waals surface area contributed by atoms with Gasteiger partial charge in [0.25, 0.3) is 0 Å². The zero-order valence-electron chi connectivity index (χ0n) is 6.33. The second-order valence-corrected chi connectivity index (χ2v) is 3.80. The van der Waals surface area contributed by atoms with Crippen molar-refractivity contribution in [2.24, 2.45) is 0 Å². The van der Waals surface area contributed by atoms with Crippen LogP contribution in [-0.4, -0.2) is 15.1 Å². The minimum atomic E-state index is 0.0143. The third kappa shape index (κ3) is 1.47. The number of hydrogen-bond acceptors (Lipinski definition) is 3. The van der Waals surface area contributed by atoms with Crippen LogP contribution < -0.4 is 0 Å². The number of nitrogens with zero attached hydrogens (tertiary/aromatic N) is 2. The smallest absolute Gasteiger partial charge is 0.163 e. The van der Waals surface area contributed by atoms with Gasteiger partial charge in [0, 0.05) is 10.7 Å². The maximum atomic E-state index is 9.55. The van der Waals surface area contributed by atoms with Crippen molar-refractivity contribution in [1.82, 2.24) is 9.97 Å². The molecule has 0 saturated carbocycles. The molecular formula is C8H4BrClN2O. The summed E-state index contributed by atoms with van der Waals surface area (Å²) in [5, 5.41) is 10.3. The summed E-state index contributed by atoms with van der Waals surface area (Å²) in [7, 11) is 0. The fraction of sp³-hybridized carbons (Fsp3) is 0. The van der Waals surface area contributed by atoms with E-state index in [-0.39, 0.29) is 10.8 Å². The lowest BCUT2D eigenvalue weighted by molar-refractivity contribution is 0.481. The van der Waals surface area contributed by atoms with Crippen LogP contribution >= 0.6 is 27.5 Å². The molecule has 5 heteroatoms. The van der Waals surface area contributed by atoms with Crippen LogP contribution in [0.1, 0.15) is 0 Å². The third-order valence-electron chi connectivity index (χ3n) is 1.61. The number of pyridine rings is 2. The average molecular weight is 259 g/mol. The molecule has 66 valence electrons. The van der Waals surface area contributed by atoms with E-state index in [0.717, 1.165) is 4.47 Å². The molecule has 0 spiro atoms. The van der Waals surface area contributed by atoms with Crippen molar-refractivity contribution in [2.75, 3.05) is 0 Å². The van der Waals surface area contributed by atoms with Crippen LogP contribution in [0.4, 0.5) is 0 Å². The van der Waals surface area contributed by atoms with Gasteiger partial charge in [-0.2, -0.15) is 0 Å². The van der Waals surface area contributed by atoms with E-state index in [4.69, 9.17) is 11.6 Å². The summed E-state index contributed by atoms with van der Waals surface area (Å²) in [5.41, 5.74) is 0.477. The number of hydrogen-bond donors (Lipinski definition) is 1. The molecule has 2 rings (SSSR count). The third-order valence-corrected chi connectivity index (χ3v) is 2.33. The van der Waals surface area contributed by atoms with Crippen molar-refractivity contribution >= 4 is 38.6 Å². The Labute approximate surface area is 87.5 Å². The van der Waals surface area contributed by atoms with Gasteiger partial charge in [-0.05, 0) is 22.0 Å². The Morgan fingerprint density at radius 1 is 1.31 bits per heavy atom. The first-order valence-corrected chi connectivity index (χ1v) is 4.64. The van der Waals surface area contributed by atoms with Crippen molar-refractivity contribution in [3.63, 3.8) is 0 Å². The second kappa shape index (κ2) is 3.12. The van der Waals surface area contributed by atoms with Gasteiger partial charge in [-0.15, -0.1) is 0 Å². The first kappa shape index (κ1) is 8.72. The largest absolute Gasteiger partial charge is 0.506 e. The Bertz CT molecular complexity index is 470. The number of rotatable bonds is 0. The fourth-order valence-corrected chi connectivity index (χ4v) is 1.50. The molecule has 0 saturated heterocycles. The normalized spacial score (nSPS) is 10.6. The van der Waals surface area contributed by atoms with Gasteiger partial charge in [-0.1, -0.05) is 11.6 Å². The fourth-order valence-electron chi connectivity index (χ4n) is 1.02. The van der Waals surface area contributed by atoms with Gasteiger partial charge in [0.05, 0.1) is 11.6 Å². The first-order valence-electron chi connectivity index (χ1n) is 3.47. The zero-order chi connectivity index (χ0) is 9.42. The molecule has 0 unspecified atom stereocenters. The Morgan fingerprint density at radius 2 is 2.00 bits per heavy atom. The van der Waals surface area contributed by atoms with Gasteiger partial charge in [0.1, 0.15) is 10.8 Å². The lowest BCUT2D eigenvalue weighted by Crippen LogP contribution is -1.84. The highest BCUT2D eigenvalue weighted by Crippen LogP contribution is 2.30. The Hall–Kier alpha value is -0.870. The lowest BCUT2D eigenvalue weighted by atomic mass is 10.3. The number of fused-ring (bicyclic) bond motifs is 1. The average Bonchev–Trinajstić information content (AvgIpc) is 2.12. The molecule has 0 aromatic carbocycles. The van der Waals surface area contributed by atoms with Crippen molar-refractivity contribution in [2.45, 2.75) is 0 Å². The zero-order valence-corrected chi connectivity index (χ0v) is 8.67. The summed E-state index contributed by atoms with van der Waals surface area (Å²) in [4.78, 5) is 7.96. The molecule has 0 aliphatic rings. The standard InChI is InChI=1S/C8H4BrClN2O/c9-4-1-5-7(13)6(10)3-12-8(5)11-2-4/h1-3H,(H,11,12,13). The highest BCUT2D eigenvalue weighted by molar-refractivity contribution is 9.10. The number of aromatic hydroxyl groups is 1. The Balaban J connectivity index is 2.89. The van der Waals surface area contributed by atoms with E-state index < -0.39 is 0 Å². The molecule has 0 bridgehead atoms. The molecule has 0 fully saturated rings. The summed E-state index contributed by atoms with van der Waals surface area (Å²) in [6.07, 6.45) is 2.99. The molecule has 2 aromatic heterocycles. The van der Waals surface area contributed by atoms with Crippen molar-refractivity contribution in [3.8, 4) is 5.75 Å². The van der Waals surface area contributed by atoms with Gasteiger partial charge in [0.15, 0.2) is 5.65 Å². The predicted octanol–water partition coefficient (Wildman–Crippen LogP) is 2.75. The van der Waals surface area contributed by atoms with Gasteiger partial charge in [-0.25, -0.2) is 9.97 Å². The van der Waals surface area contributed by atoms with E-state index >= 15 is 0 Å². The molecule has 0 aliphatic carbocycles. The molecule has 13 heavy (non-hydrogen) atoms. The maximum absolute atomic E-state index is 9.55. The SMILES string of the molecule is Oc1c(Cl)cnc2ncc(Br)cc12. The van der Waals surface area contributed by atoms with Crippen LogP contribution in [-0.2, 0) is 0 Å². The Kier molecular flexibility index (Phi) is 2.09. The van der Waals surface area contributed by atoms with E-state index in [1.54, 1.807) is 12.3 Å². The van der Waals surface area contributed by atoms with Crippen LogP contribution in [0, 0.1) is 0 Å². The van der Waals surface area contributed by atoms with E-state index in [2.05, 4.69) is 25.9 Å². The molecule has 0 atom stereocenters. The van der Waals surface area contributed by atoms with Crippen molar-refractivity contribution in [1.29, 1.82) is 0 Å². The highest BCUT2D eigenvalue weighted by Gasteiger charge is 2.06. The van der Waals surface area contributed by atoms with Crippen molar-refractivity contribution < 1.29 is 5.11 Å². The summed E-state index contributed by atoms with van der Waals surface area (Å²) >= 11 is 8.93.